The maximum atomic E-state index is 13.8. The van der Waals surface area contributed by atoms with Crippen molar-refractivity contribution in [2.75, 3.05) is 0 Å². The Bertz CT molecular complexity index is 554. The minimum Gasteiger partial charge on any atom is -0.261 e. The third kappa shape index (κ3) is 1.80. The first-order valence-electron chi connectivity index (χ1n) is 4.53. The van der Waals surface area contributed by atoms with Gasteiger partial charge in [0, 0.05) is 27.1 Å². The summed E-state index contributed by atoms with van der Waals surface area (Å²) in [5.41, 5.74) is -0.00492. The summed E-state index contributed by atoms with van der Waals surface area (Å²) < 4.78 is 39.3. The van der Waals surface area contributed by atoms with Crippen LogP contribution in [0.1, 0.15) is 17.7 Å². The van der Waals surface area contributed by atoms with E-state index in [9.17, 15) is 13.2 Å². The minimum atomic E-state index is -2.82. The summed E-state index contributed by atoms with van der Waals surface area (Å²) in [4.78, 5) is 4.00. The molecule has 0 spiro atoms. The van der Waals surface area contributed by atoms with Crippen LogP contribution in [0.25, 0.3) is 10.8 Å². The van der Waals surface area contributed by atoms with Gasteiger partial charge >= 0.3 is 0 Å². The zero-order valence-electron chi connectivity index (χ0n) is 8.27. The minimum absolute atomic E-state index is 0.164. The zero-order valence-corrected chi connectivity index (χ0v) is 9.85. The van der Waals surface area contributed by atoms with E-state index in [1.165, 1.54) is 12.3 Å². The van der Waals surface area contributed by atoms with E-state index in [2.05, 4.69) is 20.9 Å². The van der Waals surface area contributed by atoms with Crippen molar-refractivity contribution in [3.63, 3.8) is 0 Å². The van der Waals surface area contributed by atoms with Crippen LogP contribution >= 0.6 is 15.9 Å². The number of aryl methyl sites for hydroxylation is 1. The van der Waals surface area contributed by atoms with Crippen LogP contribution in [0.4, 0.5) is 13.2 Å². The summed E-state index contributed by atoms with van der Waals surface area (Å²) in [5, 5.41) is 0.657. The Morgan fingerprint density at radius 1 is 1.25 bits per heavy atom. The Balaban J connectivity index is 2.86. The van der Waals surface area contributed by atoms with Crippen molar-refractivity contribution >= 4 is 26.7 Å². The number of aromatic nitrogens is 1. The van der Waals surface area contributed by atoms with E-state index in [0.717, 1.165) is 6.07 Å². The molecular formula is C11H7BrF3N. The molecule has 1 aromatic heterocycles. The third-order valence-corrected chi connectivity index (χ3v) is 2.96. The fourth-order valence-corrected chi connectivity index (χ4v) is 2.09. The lowest BCUT2D eigenvalue weighted by Crippen LogP contribution is -1.94. The molecule has 0 aliphatic heterocycles. The van der Waals surface area contributed by atoms with Crippen LogP contribution in [-0.2, 0) is 0 Å². The van der Waals surface area contributed by atoms with Crippen molar-refractivity contribution in [1.82, 2.24) is 4.98 Å². The van der Waals surface area contributed by atoms with Crippen molar-refractivity contribution in [3.8, 4) is 0 Å². The van der Waals surface area contributed by atoms with Crippen molar-refractivity contribution in [1.29, 1.82) is 0 Å². The number of hydrogen-bond acceptors (Lipinski definition) is 1. The van der Waals surface area contributed by atoms with Crippen LogP contribution in [-0.4, -0.2) is 4.98 Å². The van der Waals surface area contributed by atoms with Crippen LogP contribution in [0, 0.1) is 12.7 Å². The van der Waals surface area contributed by atoms with Crippen molar-refractivity contribution in [2.45, 2.75) is 13.3 Å². The number of fused-ring (bicyclic) bond motifs is 1. The molecule has 84 valence electrons. The fraction of sp³-hybridized carbons (Fsp3) is 0.182. The second kappa shape index (κ2) is 4.05. The highest BCUT2D eigenvalue weighted by Gasteiger charge is 2.18. The quantitative estimate of drug-likeness (QED) is 0.759. The fourth-order valence-electron chi connectivity index (χ4n) is 1.52. The molecule has 0 bridgehead atoms. The highest BCUT2D eigenvalue weighted by molar-refractivity contribution is 9.10. The van der Waals surface area contributed by atoms with Crippen LogP contribution < -0.4 is 0 Å². The Morgan fingerprint density at radius 2 is 1.94 bits per heavy atom. The predicted octanol–water partition coefficient (Wildman–Crippen LogP) is 4.38. The molecule has 5 heteroatoms. The summed E-state index contributed by atoms with van der Waals surface area (Å²) in [6, 6.07) is 2.56. The van der Waals surface area contributed by atoms with Gasteiger partial charge in [0.05, 0.1) is 5.56 Å². The van der Waals surface area contributed by atoms with Gasteiger partial charge in [-0.2, -0.15) is 0 Å². The second-order valence-electron chi connectivity index (χ2n) is 3.43. The van der Waals surface area contributed by atoms with E-state index in [1.807, 2.05) is 0 Å². The first-order valence-corrected chi connectivity index (χ1v) is 5.32. The average Bonchev–Trinajstić information content (AvgIpc) is 2.22. The smallest absolute Gasteiger partial charge is 0.261 e. The van der Waals surface area contributed by atoms with Gasteiger partial charge in [-0.25, -0.2) is 13.2 Å². The van der Waals surface area contributed by atoms with Crippen LogP contribution in [0.5, 0.6) is 0 Å². The summed E-state index contributed by atoms with van der Waals surface area (Å²) in [7, 11) is 0. The van der Waals surface area contributed by atoms with Crippen molar-refractivity contribution < 1.29 is 13.2 Å². The molecule has 0 unspecified atom stereocenters. The number of benzene rings is 1. The summed E-state index contributed by atoms with van der Waals surface area (Å²) >= 11 is 3.13. The normalized spacial score (nSPS) is 11.4. The van der Waals surface area contributed by atoms with Crippen LogP contribution in [0.2, 0.25) is 0 Å². The lowest BCUT2D eigenvalue weighted by atomic mass is 10.1. The Morgan fingerprint density at radius 3 is 2.56 bits per heavy atom. The molecule has 1 aromatic carbocycles. The van der Waals surface area contributed by atoms with Gasteiger partial charge < -0.3 is 0 Å². The number of rotatable bonds is 1. The van der Waals surface area contributed by atoms with E-state index in [1.54, 1.807) is 6.92 Å². The third-order valence-electron chi connectivity index (χ3n) is 2.31. The van der Waals surface area contributed by atoms with Gasteiger partial charge in [-0.1, -0.05) is 15.9 Å². The molecule has 0 saturated carbocycles. The highest BCUT2D eigenvalue weighted by atomic mass is 79.9. The van der Waals surface area contributed by atoms with Gasteiger partial charge in [0.2, 0.25) is 0 Å². The predicted molar refractivity (Wildman–Crippen MR) is 59.1 cm³/mol. The molecule has 2 aromatic rings. The summed E-state index contributed by atoms with van der Waals surface area (Å²) in [6.45, 7) is 1.68. The van der Waals surface area contributed by atoms with E-state index in [4.69, 9.17) is 0 Å². The van der Waals surface area contributed by atoms with Gasteiger partial charge in [0.1, 0.15) is 5.82 Å². The van der Waals surface area contributed by atoms with E-state index in [-0.39, 0.29) is 5.39 Å². The Labute approximate surface area is 98.4 Å². The summed E-state index contributed by atoms with van der Waals surface area (Å²) in [5.74, 6) is -0.876. The topological polar surface area (TPSA) is 12.9 Å². The standard InChI is InChI=1S/C11H7BrF3N/c1-5-2-6-8(4-16-5)9(12)3-7(10(6)13)11(14)15/h2-4,11H,1H3. The molecule has 1 heterocycles. The maximum absolute atomic E-state index is 13.8. The molecule has 0 saturated heterocycles. The summed E-state index contributed by atoms with van der Waals surface area (Å²) in [6.07, 6.45) is -1.36. The van der Waals surface area contributed by atoms with Gasteiger partial charge in [0.25, 0.3) is 6.43 Å². The Kier molecular flexibility index (Phi) is 2.88. The molecular weight excluding hydrogens is 283 g/mol. The zero-order chi connectivity index (χ0) is 11.9. The van der Waals surface area contributed by atoms with E-state index >= 15 is 0 Å². The molecule has 2 rings (SSSR count). The molecule has 0 amide bonds. The first kappa shape index (κ1) is 11.4. The second-order valence-corrected chi connectivity index (χ2v) is 4.29. The van der Waals surface area contributed by atoms with Crippen LogP contribution in [0.3, 0.4) is 0 Å². The van der Waals surface area contributed by atoms with Gasteiger partial charge in [-0.3, -0.25) is 4.98 Å². The van der Waals surface area contributed by atoms with Crippen molar-refractivity contribution in [2.24, 2.45) is 0 Å². The first-order chi connectivity index (χ1) is 7.50. The monoisotopic (exact) mass is 289 g/mol. The number of halogens is 4. The molecule has 0 N–H and O–H groups in total. The van der Waals surface area contributed by atoms with Gasteiger partial charge in [-0.15, -0.1) is 0 Å². The maximum Gasteiger partial charge on any atom is 0.266 e. The highest BCUT2D eigenvalue weighted by Crippen LogP contribution is 2.33. The number of pyridine rings is 1. The molecule has 0 aliphatic rings. The molecule has 0 fully saturated rings. The number of nitrogens with zero attached hydrogens (tertiary/aromatic N) is 1. The number of alkyl halides is 2. The van der Waals surface area contributed by atoms with E-state index in [0.29, 0.717) is 15.6 Å². The van der Waals surface area contributed by atoms with Crippen molar-refractivity contribution in [3.05, 3.63) is 39.9 Å². The molecule has 0 atom stereocenters. The molecule has 0 aliphatic carbocycles. The Hall–Kier alpha value is -1.10. The lowest BCUT2D eigenvalue weighted by Gasteiger charge is -2.08. The molecule has 16 heavy (non-hydrogen) atoms. The largest absolute Gasteiger partial charge is 0.266 e. The molecule has 1 nitrogen and oxygen atoms in total. The average molecular weight is 290 g/mol. The SMILES string of the molecule is Cc1cc2c(F)c(C(F)F)cc(Br)c2cn1. The molecule has 0 radical (unpaired) electrons. The van der Waals surface area contributed by atoms with Crippen LogP contribution in [0.15, 0.2) is 22.8 Å². The lowest BCUT2D eigenvalue weighted by molar-refractivity contribution is 0.146. The number of hydrogen-bond donors (Lipinski definition) is 0. The van der Waals surface area contributed by atoms with Gasteiger partial charge in [-0.05, 0) is 19.1 Å². The van der Waals surface area contributed by atoms with E-state index < -0.39 is 17.8 Å². The van der Waals surface area contributed by atoms with Gasteiger partial charge in [0.15, 0.2) is 0 Å².